The molecule has 2 unspecified atom stereocenters. The van der Waals surface area contributed by atoms with E-state index in [2.05, 4.69) is 4.57 Å². The Morgan fingerprint density at radius 1 is 1.15 bits per heavy atom. The number of esters is 1. The van der Waals surface area contributed by atoms with Crippen LogP contribution in [0.4, 0.5) is 0 Å². The van der Waals surface area contributed by atoms with Crippen molar-refractivity contribution in [3.8, 4) is 0 Å². The van der Waals surface area contributed by atoms with E-state index in [4.69, 9.17) is 9.47 Å². The number of methoxy groups -OCH3 is 1. The monoisotopic (exact) mass is 371 g/mol. The van der Waals surface area contributed by atoms with Crippen LogP contribution in [-0.2, 0) is 14.3 Å². The van der Waals surface area contributed by atoms with Gasteiger partial charge in [-0.15, -0.1) is 0 Å². The minimum Gasteiger partial charge on any atom is -0.457 e. The van der Waals surface area contributed by atoms with Crippen molar-refractivity contribution in [2.24, 2.45) is 0 Å². The van der Waals surface area contributed by atoms with Crippen LogP contribution in [0.3, 0.4) is 0 Å². The molecule has 1 aromatic carbocycles. The Labute approximate surface area is 161 Å². The number of ketones is 1. The third-order valence-electron chi connectivity index (χ3n) is 4.87. The molecule has 1 heterocycles. The van der Waals surface area contributed by atoms with Gasteiger partial charge in [-0.3, -0.25) is 9.59 Å². The molecular formula is C22H29NO4. The van der Waals surface area contributed by atoms with Crippen LogP contribution in [0.2, 0.25) is 0 Å². The number of aryl methyl sites for hydroxylation is 1. The quantitative estimate of drug-likeness (QED) is 0.489. The summed E-state index contributed by atoms with van der Waals surface area (Å²) >= 11 is 0. The number of rotatable bonds is 9. The molecule has 0 spiro atoms. The zero-order chi connectivity index (χ0) is 20.0. The number of hydrogen-bond acceptors (Lipinski definition) is 4. The van der Waals surface area contributed by atoms with Gasteiger partial charge in [-0.1, -0.05) is 37.3 Å². The Balaban J connectivity index is 2.07. The molecule has 5 heteroatoms. The molecule has 2 atom stereocenters. The van der Waals surface area contributed by atoms with Gasteiger partial charge in [0.1, 0.15) is 0 Å². The molecule has 0 bridgehead atoms. The van der Waals surface area contributed by atoms with Gasteiger partial charge in [0.05, 0.1) is 18.6 Å². The Kier molecular flexibility index (Phi) is 7.36. The molecule has 27 heavy (non-hydrogen) atoms. The SMILES string of the molecule is CCC(C(=O)OCC(=O)c1cc(C)n(C(C)COC)c1C)c1ccccc1. The number of benzene rings is 1. The molecule has 2 aromatic rings. The summed E-state index contributed by atoms with van der Waals surface area (Å²) in [6.07, 6.45) is 0.625. The van der Waals surface area contributed by atoms with Crippen molar-refractivity contribution in [2.45, 2.75) is 46.1 Å². The third-order valence-corrected chi connectivity index (χ3v) is 4.87. The van der Waals surface area contributed by atoms with Crippen LogP contribution < -0.4 is 0 Å². The molecular weight excluding hydrogens is 342 g/mol. The predicted octanol–water partition coefficient (Wildman–Crippen LogP) is 4.23. The minimum absolute atomic E-state index is 0.127. The fourth-order valence-electron chi connectivity index (χ4n) is 3.59. The second kappa shape index (κ2) is 9.51. The zero-order valence-corrected chi connectivity index (χ0v) is 16.8. The van der Waals surface area contributed by atoms with Crippen molar-refractivity contribution >= 4 is 11.8 Å². The number of nitrogens with zero attached hydrogens (tertiary/aromatic N) is 1. The van der Waals surface area contributed by atoms with E-state index in [-0.39, 0.29) is 30.3 Å². The molecule has 1 aromatic heterocycles. The van der Waals surface area contributed by atoms with Gasteiger partial charge in [0.2, 0.25) is 5.78 Å². The van der Waals surface area contributed by atoms with E-state index in [1.165, 1.54) is 0 Å². The molecule has 0 aliphatic rings. The Bertz CT molecular complexity index is 779. The van der Waals surface area contributed by atoms with E-state index in [1.807, 2.05) is 64.1 Å². The Hall–Kier alpha value is -2.40. The van der Waals surface area contributed by atoms with Crippen molar-refractivity contribution in [2.75, 3.05) is 20.3 Å². The first-order chi connectivity index (χ1) is 12.9. The lowest BCUT2D eigenvalue weighted by Gasteiger charge is -2.18. The molecule has 5 nitrogen and oxygen atoms in total. The van der Waals surface area contributed by atoms with Crippen LogP contribution in [0, 0.1) is 13.8 Å². The fourth-order valence-corrected chi connectivity index (χ4v) is 3.59. The fraction of sp³-hybridized carbons (Fsp3) is 0.455. The maximum atomic E-state index is 12.6. The number of carbonyl (C=O) groups is 2. The first kappa shape index (κ1) is 20.9. The molecule has 2 rings (SSSR count). The highest BCUT2D eigenvalue weighted by molar-refractivity contribution is 5.99. The molecule has 0 saturated heterocycles. The average molecular weight is 371 g/mol. The summed E-state index contributed by atoms with van der Waals surface area (Å²) in [7, 11) is 1.66. The summed E-state index contributed by atoms with van der Waals surface area (Å²) < 4.78 is 12.7. The second-order valence-electron chi connectivity index (χ2n) is 6.86. The highest BCUT2D eigenvalue weighted by Gasteiger charge is 2.23. The van der Waals surface area contributed by atoms with Gasteiger partial charge in [0, 0.05) is 24.1 Å². The van der Waals surface area contributed by atoms with E-state index in [1.54, 1.807) is 7.11 Å². The van der Waals surface area contributed by atoms with Gasteiger partial charge >= 0.3 is 5.97 Å². The lowest BCUT2D eigenvalue weighted by atomic mass is 9.97. The summed E-state index contributed by atoms with van der Waals surface area (Å²) in [6.45, 7) is 8.17. The molecule has 0 amide bonds. The number of aromatic nitrogens is 1. The number of carbonyl (C=O) groups excluding carboxylic acids is 2. The van der Waals surface area contributed by atoms with E-state index < -0.39 is 0 Å². The van der Waals surface area contributed by atoms with Gasteiger partial charge in [0.25, 0.3) is 0 Å². The van der Waals surface area contributed by atoms with E-state index in [0.29, 0.717) is 18.6 Å². The topological polar surface area (TPSA) is 57.5 Å². The Morgan fingerprint density at radius 3 is 2.41 bits per heavy atom. The average Bonchev–Trinajstić information content (AvgIpc) is 2.96. The van der Waals surface area contributed by atoms with E-state index in [9.17, 15) is 9.59 Å². The lowest BCUT2D eigenvalue weighted by Crippen LogP contribution is -2.20. The van der Waals surface area contributed by atoms with Crippen molar-refractivity contribution in [3.63, 3.8) is 0 Å². The molecule has 0 aliphatic carbocycles. The summed E-state index contributed by atoms with van der Waals surface area (Å²) in [6, 6.07) is 11.5. The van der Waals surface area contributed by atoms with E-state index in [0.717, 1.165) is 17.0 Å². The smallest absolute Gasteiger partial charge is 0.313 e. The van der Waals surface area contributed by atoms with Crippen LogP contribution in [0.5, 0.6) is 0 Å². The molecule has 0 saturated carbocycles. The van der Waals surface area contributed by atoms with Crippen molar-refractivity contribution in [3.05, 3.63) is 58.9 Å². The minimum atomic E-state index is -0.362. The summed E-state index contributed by atoms with van der Waals surface area (Å²) in [5, 5.41) is 0. The van der Waals surface area contributed by atoms with Gasteiger partial charge in [-0.05, 0) is 38.8 Å². The number of ether oxygens (including phenoxy) is 2. The molecule has 146 valence electrons. The zero-order valence-electron chi connectivity index (χ0n) is 16.8. The van der Waals surface area contributed by atoms with Crippen LogP contribution in [0.1, 0.15) is 59.5 Å². The van der Waals surface area contributed by atoms with Crippen molar-refractivity contribution < 1.29 is 19.1 Å². The van der Waals surface area contributed by atoms with Gasteiger partial charge in [-0.2, -0.15) is 0 Å². The second-order valence-corrected chi connectivity index (χ2v) is 6.86. The first-order valence-corrected chi connectivity index (χ1v) is 9.32. The normalized spacial score (nSPS) is 13.2. The number of Topliss-reactive ketones (excluding diaryl/α,β-unsaturated/α-hetero) is 1. The first-order valence-electron chi connectivity index (χ1n) is 9.32. The van der Waals surface area contributed by atoms with Gasteiger partial charge < -0.3 is 14.0 Å². The van der Waals surface area contributed by atoms with Crippen molar-refractivity contribution in [1.29, 1.82) is 0 Å². The summed E-state index contributed by atoms with van der Waals surface area (Å²) in [5.41, 5.74) is 3.36. The lowest BCUT2D eigenvalue weighted by molar-refractivity contribution is -0.144. The van der Waals surface area contributed by atoms with Gasteiger partial charge in [-0.25, -0.2) is 0 Å². The third kappa shape index (κ3) is 4.86. The van der Waals surface area contributed by atoms with Crippen LogP contribution in [0.15, 0.2) is 36.4 Å². The largest absolute Gasteiger partial charge is 0.457 e. The van der Waals surface area contributed by atoms with Crippen LogP contribution in [-0.4, -0.2) is 36.6 Å². The van der Waals surface area contributed by atoms with Crippen LogP contribution in [0.25, 0.3) is 0 Å². The highest BCUT2D eigenvalue weighted by Crippen LogP contribution is 2.23. The summed E-state index contributed by atoms with van der Waals surface area (Å²) in [5.74, 6) is -0.901. The maximum absolute atomic E-state index is 12.6. The summed E-state index contributed by atoms with van der Waals surface area (Å²) in [4.78, 5) is 25.1. The van der Waals surface area contributed by atoms with Crippen molar-refractivity contribution in [1.82, 2.24) is 4.57 Å². The number of hydrogen-bond donors (Lipinski definition) is 0. The predicted molar refractivity (Wildman–Crippen MR) is 105 cm³/mol. The Morgan fingerprint density at radius 2 is 1.81 bits per heavy atom. The maximum Gasteiger partial charge on any atom is 0.313 e. The standard InChI is InChI=1S/C22H29NO4/c1-6-19(18-10-8-7-9-11-18)22(25)27-14-21(24)20-12-15(2)23(17(20)4)16(3)13-26-5/h7-12,16,19H,6,13-14H2,1-5H3. The van der Waals surface area contributed by atoms with E-state index >= 15 is 0 Å². The molecule has 0 aliphatic heterocycles. The van der Waals surface area contributed by atoms with Crippen LogP contribution >= 0.6 is 0 Å². The highest BCUT2D eigenvalue weighted by atomic mass is 16.5. The van der Waals surface area contributed by atoms with Gasteiger partial charge in [0.15, 0.2) is 6.61 Å². The molecule has 0 N–H and O–H groups in total. The molecule has 0 fully saturated rings. The molecule has 0 radical (unpaired) electrons.